The van der Waals surface area contributed by atoms with Crippen LogP contribution in [-0.4, -0.2) is 220 Å². The molecule has 0 spiro atoms. The van der Waals surface area contributed by atoms with Crippen LogP contribution in [0.5, 0.6) is 0 Å². The van der Waals surface area contributed by atoms with Gasteiger partial charge in [0, 0.05) is 48.2 Å². The number of carboxylic acids is 1. The van der Waals surface area contributed by atoms with Crippen LogP contribution in [0, 0.1) is 0 Å². The van der Waals surface area contributed by atoms with Gasteiger partial charge in [-0.3, -0.25) is 4.79 Å². The Labute approximate surface area is 446 Å². The Morgan fingerprint density at radius 3 is 1.35 bits per heavy atom. The van der Waals surface area contributed by atoms with Gasteiger partial charge in [-0.05, 0) is 31.6 Å². The van der Waals surface area contributed by atoms with Crippen molar-refractivity contribution in [2.45, 2.75) is 44.9 Å². The summed E-state index contributed by atoms with van der Waals surface area (Å²) < 4.78 is 80.1. The molecule has 0 aromatic heterocycles. The number of anilines is 1. The van der Waals surface area contributed by atoms with Crippen molar-refractivity contribution in [2.75, 3.05) is 203 Å². The van der Waals surface area contributed by atoms with Crippen molar-refractivity contribution in [3.05, 3.63) is 95.7 Å². The molecule has 0 atom stereocenters. The van der Waals surface area contributed by atoms with Gasteiger partial charge in [0.25, 0.3) is 0 Å². The summed E-state index contributed by atoms with van der Waals surface area (Å²) in [6, 6.07) is 17.2. The third-order valence-electron chi connectivity index (χ3n) is 12.2. The lowest BCUT2D eigenvalue weighted by atomic mass is 9.81. The van der Waals surface area contributed by atoms with Crippen LogP contribution in [0.25, 0.3) is 0 Å². The molecule has 0 bridgehead atoms. The van der Waals surface area contributed by atoms with Gasteiger partial charge in [0.2, 0.25) is 5.69 Å². The molecule has 2 aliphatic heterocycles. The minimum Gasteiger partial charge on any atom is -0.481 e. The summed E-state index contributed by atoms with van der Waals surface area (Å²) in [5.41, 5.74) is 7.07. The highest BCUT2D eigenvalue weighted by Crippen LogP contribution is 2.47. The normalized spacial score (nSPS) is 15.4. The van der Waals surface area contributed by atoms with E-state index in [9.17, 15) is 4.79 Å². The number of fused-ring (bicyclic) bond motifs is 2. The molecule has 75 heavy (non-hydrogen) atoms. The number of allylic oxidation sites excluding steroid dienone is 6. The molecule has 0 fully saturated rings. The Hall–Kier alpha value is -3.96. The van der Waals surface area contributed by atoms with E-state index in [2.05, 4.69) is 116 Å². The number of hydrogen-bond donors (Lipinski definition) is 1. The van der Waals surface area contributed by atoms with E-state index in [4.69, 9.17) is 71.4 Å². The van der Waals surface area contributed by atoms with Crippen molar-refractivity contribution in [3.8, 4) is 0 Å². The van der Waals surface area contributed by atoms with E-state index in [1.807, 2.05) is 0 Å². The summed E-state index contributed by atoms with van der Waals surface area (Å²) in [6.07, 6.45) is 10.8. The van der Waals surface area contributed by atoms with Crippen LogP contribution in [0.4, 0.5) is 11.4 Å². The second kappa shape index (κ2) is 39.4. The maximum Gasteiger partial charge on any atom is 0.305 e. The fourth-order valence-electron chi connectivity index (χ4n) is 8.36. The van der Waals surface area contributed by atoms with E-state index in [0.29, 0.717) is 178 Å². The highest BCUT2D eigenvalue weighted by Gasteiger charge is 2.44. The van der Waals surface area contributed by atoms with Crippen LogP contribution in [-0.2, 0) is 81.9 Å². The quantitative estimate of drug-likeness (QED) is 0.0451. The lowest BCUT2D eigenvalue weighted by Gasteiger charge is -2.27. The maximum atomic E-state index is 10.5. The number of para-hydroxylation sites is 2. The van der Waals surface area contributed by atoms with Gasteiger partial charge in [-0.15, -0.1) is 0 Å². The van der Waals surface area contributed by atoms with E-state index >= 15 is 0 Å². The van der Waals surface area contributed by atoms with Crippen molar-refractivity contribution in [1.82, 2.24) is 0 Å². The molecule has 0 saturated carbocycles. The van der Waals surface area contributed by atoms with Crippen molar-refractivity contribution < 1.29 is 80.8 Å². The molecule has 18 heteroatoms. The number of benzene rings is 2. The van der Waals surface area contributed by atoms with E-state index in [-0.39, 0.29) is 23.9 Å². The van der Waals surface area contributed by atoms with Gasteiger partial charge < -0.3 is 76.3 Å². The molecule has 0 aliphatic carbocycles. The van der Waals surface area contributed by atoms with Gasteiger partial charge in [0.05, 0.1) is 184 Å². The number of carbonyl (C=O) groups is 1. The predicted octanol–water partition coefficient (Wildman–Crippen LogP) is 6.19. The van der Waals surface area contributed by atoms with Crippen LogP contribution in [0.3, 0.4) is 0 Å². The van der Waals surface area contributed by atoms with E-state index < -0.39 is 5.97 Å². The molecule has 2 heterocycles. The third-order valence-corrected chi connectivity index (χ3v) is 12.2. The molecular weight excluding hydrogens is 969 g/mol. The molecule has 0 unspecified atom stereocenters. The Kier molecular flexibility index (Phi) is 33.4. The van der Waals surface area contributed by atoms with Crippen molar-refractivity contribution in [3.63, 3.8) is 0 Å². The number of rotatable bonds is 48. The van der Waals surface area contributed by atoms with Crippen LogP contribution in [0.1, 0.15) is 45.2 Å². The number of carboxylic acid groups (broad SMARTS) is 1. The number of aliphatic carboxylic acids is 1. The van der Waals surface area contributed by atoms with Gasteiger partial charge in [0.15, 0.2) is 12.3 Å². The van der Waals surface area contributed by atoms with E-state index in [1.54, 1.807) is 7.11 Å². The predicted molar refractivity (Wildman–Crippen MR) is 287 cm³/mol. The van der Waals surface area contributed by atoms with Gasteiger partial charge >= 0.3 is 5.97 Å². The Morgan fingerprint density at radius 1 is 0.480 bits per heavy atom. The SMILES string of the molecule is COCCOCCOCCOCCOCCOCCOCCOCCOCCN1\C(=C/C=C/C=C/C2=[N+](CCOCCOCCOCCOCCOCCC(=O)O)c3ccccc3C2(C)C)C(C)(C)c2ccccc21. The number of methoxy groups -OCH3 is 1. The molecule has 0 saturated heterocycles. The van der Waals surface area contributed by atoms with Crippen LogP contribution >= 0.6 is 0 Å². The van der Waals surface area contributed by atoms with Gasteiger partial charge in [-0.2, -0.15) is 4.58 Å². The van der Waals surface area contributed by atoms with Crippen LogP contribution in [0.15, 0.2) is 84.6 Å². The first kappa shape index (κ1) is 63.6. The monoisotopic (exact) mass is 1060 g/mol. The molecular formula is C57H89N2O16+. The summed E-state index contributed by atoms with van der Waals surface area (Å²) >= 11 is 0. The summed E-state index contributed by atoms with van der Waals surface area (Å²) in [6.45, 7) is 23.7. The van der Waals surface area contributed by atoms with Crippen LogP contribution < -0.4 is 4.90 Å². The standard InChI is InChI=1S/C57H88N2O16/c1-56(2)49-13-9-11-15-51(49)58(20-23-64-28-31-68-36-39-71-38-35-67-30-27-63-22-19-55(60)61)53(56)17-7-6-8-18-54-57(3,4)50-14-10-12-16-52(50)59(54)21-24-65-29-32-69-37-40-72-43-44-74-47-48-75-46-45-73-42-41-70-34-33-66-26-25-62-5/h6-18H,19-48H2,1-5H3/p+1. The Morgan fingerprint density at radius 2 is 0.880 bits per heavy atom. The molecule has 0 amide bonds. The van der Waals surface area contributed by atoms with Gasteiger partial charge in [-0.1, -0.05) is 68.5 Å². The lowest BCUT2D eigenvalue weighted by molar-refractivity contribution is -0.442. The first-order valence-corrected chi connectivity index (χ1v) is 26.6. The zero-order valence-electron chi connectivity index (χ0n) is 45.7. The Balaban J connectivity index is 1.09. The molecule has 4 rings (SSSR count). The topological polar surface area (TPSA) is 173 Å². The van der Waals surface area contributed by atoms with E-state index in [0.717, 1.165) is 6.54 Å². The summed E-state index contributed by atoms with van der Waals surface area (Å²) in [7, 11) is 1.65. The minimum absolute atomic E-state index is 0.00942. The maximum absolute atomic E-state index is 10.5. The first-order chi connectivity index (χ1) is 36.7. The first-order valence-electron chi connectivity index (χ1n) is 26.6. The second-order valence-electron chi connectivity index (χ2n) is 18.4. The largest absolute Gasteiger partial charge is 0.481 e. The highest BCUT2D eigenvalue weighted by atomic mass is 16.6. The molecule has 18 nitrogen and oxygen atoms in total. The fraction of sp³-hybridized carbons (Fsp3) is 0.649. The van der Waals surface area contributed by atoms with E-state index in [1.165, 1.54) is 33.9 Å². The van der Waals surface area contributed by atoms with Crippen molar-refractivity contribution >= 4 is 23.1 Å². The zero-order chi connectivity index (χ0) is 53.5. The van der Waals surface area contributed by atoms with Crippen molar-refractivity contribution in [1.29, 1.82) is 0 Å². The smallest absolute Gasteiger partial charge is 0.305 e. The van der Waals surface area contributed by atoms with Gasteiger partial charge in [-0.25, -0.2) is 0 Å². The minimum atomic E-state index is -0.875. The average molecular weight is 1060 g/mol. The average Bonchev–Trinajstić information content (AvgIpc) is 3.75. The highest BCUT2D eigenvalue weighted by molar-refractivity contribution is 6.03. The second-order valence-corrected chi connectivity index (χ2v) is 18.4. The number of ether oxygens (including phenoxy) is 14. The van der Waals surface area contributed by atoms with Crippen LogP contribution in [0.2, 0.25) is 0 Å². The Bertz CT molecular complexity index is 1960. The number of nitrogens with zero attached hydrogens (tertiary/aromatic N) is 2. The molecule has 2 aliphatic rings. The summed E-state index contributed by atoms with van der Waals surface area (Å²) in [5.74, 6) is -0.875. The lowest BCUT2D eigenvalue weighted by Crippen LogP contribution is -2.29. The zero-order valence-corrected chi connectivity index (χ0v) is 45.7. The molecule has 0 radical (unpaired) electrons. The summed E-state index contributed by atoms with van der Waals surface area (Å²) in [5, 5.41) is 8.62. The number of hydrogen-bond acceptors (Lipinski definition) is 16. The van der Waals surface area contributed by atoms with Gasteiger partial charge in [0.1, 0.15) is 6.61 Å². The molecule has 2 aromatic carbocycles. The molecule has 1 N–H and O–H groups in total. The van der Waals surface area contributed by atoms with Crippen molar-refractivity contribution in [2.24, 2.45) is 0 Å². The molecule has 2 aromatic rings. The molecule has 422 valence electrons. The third kappa shape index (κ3) is 24.9. The summed E-state index contributed by atoms with van der Waals surface area (Å²) in [4.78, 5) is 12.9. The fourth-order valence-corrected chi connectivity index (χ4v) is 8.36.